The Kier molecular flexibility index (Phi) is 2.51. The van der Waals surface area contributed by atoms with Crippen LogP contribution in [0.4, 0.5) is 0 Å². The smallest absolute Gasteiger partial charge is 0.309 e. The first-order chi connectivity index (χ1) is 8.47. The van der Waals surface area contributed by atoms with E-state index in [0.29, 0.717) is 18.3 Å². The Hall–Kier alpha value is -0.990. The van der Waals surface area contributed by atoms with Gasteiger partial charge in [0.15, 0.2) is 0 Å². The van der Waals surface area contributed by atoms with Gasteiger partial charge in [0.2, 0.25) is 0 Å². The topological polar surface area (TPSA) is 46.5 Å². The maximum atomic E-state index is 11.7. The van der Waals surface area contributed by atoms with Crippen molar-refractivity contribution in [2.24, 2.45) is 17.3 Å². The average Bonchev–Trinajstić information content (AvgIpc) is 2.26. The minimum Gasteiger partial charge on any atom is -0.492 e. The number of rotatable bonds is 3. The summed E-state index contributed by atoms with van der Waals surface area (Å²) in [5.74, 6) is 1.47. The quantitative estimate of drug-likeness (QED) is 0.781. The van der Waals surface area contributed by atoms with Gasteiger partial charge in [0, 0.05) is 6.42 Å². The van der Waals surface area contributed by atoms with Crippen molar-refractivity contribution in [1.29, 1.82) is 0 Å². The van der Waals surface area contributed by atoms with Crippen LogP contribution < -0.4 is 0 Å². The van der Waals surface area contributed by atoms with Gasteiger partial charge in [0.25, 0.3) is 0 Å². The van der Waals surface area contributed by atoms with Gasteiger partial charge >= 0.3 is 5.97 Å². The van der Waals surface area contributed by atoms with Gasteiger partial charge in [-0.3, -0.25) is 4.79 Å². The summed E-state index contributed by atoms with van der Waals surface area (Å²) < 4.78 is 6.17. The first kappa shape index (κ1) is 12.1. The van der Waals surface area contributed by atoms with Gasteiger partial charge in [-0.05, 0) is 63.9 Å². The first-order valence-corrected chi connectivity index (χ1v) is 7.02. The van der Waals surface area contributed by atoms with E-state index in [4.69, 9.17) is 4.74 Å². The van der Waals surface area contributed by atoms with Gasteiger partial charge in [-0.2, -0.15) is 0 Å². The molecule has 0 saturated heterocycles. The molecular weight excluding hydrogens is 228 g/mol. The van der Waals surface area contributed by atoms with Gasteiger partial charge < -0.3 is 9.84 Å². The summed E-state index contributed by atoms with van der Waals surface area (Å²) >= 11 is 0. The molecule has 4 saturated carbocycles. The zero-order valence-electron chi connectivity index (χ0n) is 11.2. The van der Waals surface area contributed by atoms with E-state index in [1.54, 1.807) is 0 Å². The van der Waals surface area contributed by atoms with Crippen molar-refractivity contribution in [2.75, 3.05) is 0 Å². The highest BCUT2D eigenvalue weighted by Gasteiger charge is 2.62. The van der Waals surface area contributed by atoms with E-state index >= 15 is 0 Å². The lowest BCUT2D eigenvalue weighted by Crippen LogP contribution is -2.59. The Morgan fingerprint density at radius 1 is 1.28 bits per heavy atom. The van der Waals surface area contributed by atoms with Crippen molar-refractivity contribution in [2.45, 2.75) is 58.0 Å². The molecule has 0 spiro atoms. The van der Waals surface area contributed by atoms with Crippen molar-refractivity contribution in [3.8, 4) is 0 Å². The van der Waals surface area contributed by atoms with Crippen molar-refractivity contribution < 1.29 is 14.6 Å². The van der Waals surface area contributed by atoms with E-state index in [9.17, 15) is 9.90 Å². The van der Waals surface area contributed by atoms with E-state index in [-0.39, 0.29) is 5.60 Å². The van der Waals surface area contributed by atoms with Gasteiger partial charge in [-0.1, -0.05) is 0 Å². The van der Waals surface area contributed by atoms with Crippen molar-refractivity contribution >= 4 is 5.97 Å². The summed E-state index contributed by atoms with van der Waals surface area (Å²) in [5, 5.41) is 9.61. The number of ether oxygens (including phenoxy) is 1. The molecule has 0 amide bonds. The van der Waals surface area contributed by atoms with Gasteiger partial charge in [-0.25, -0.2) is 0 Å². The fraction of sp³-hybridized carbons (Fsp3) is 0.800. The zero-order valence-corrected chi connectivity index (χ0v) is 11.2. The molecule has 1 N–H and O–H groups in total. The Morgan fingerprint density at radius 2 is 1.89 bits per heavy atom. The van der Waals surface area contributed by atoms with Crippen LogP contribution in [0.3, 0.4) is 0 Å². The van der Waals surface area contributed by atoms with E-state index in [0.717, 1.165) is 31.4 Å². The van der Waals surface area contributed by atoms with Crippen molar-refractivity contribution in [1.82, 2.24) is 0 Å². The molecule has 0 aliphatic heterocycles. The lowest BCUT2D eigenvalue weighted by atomic mass is 9.48. The number of aliphatic carboxylic acids is 1. The fourth-order valence-electron chi connectivity index (χ4n) is 4.95. The highest BCUT2D eigenvalue weighted by molar-refractivity contribution is 5.75. The van der Waals surface area contributed by atoms with Crippen LogP contribution >= 0.6 is 0 Å². The van der Waals surface area contributed by atoms with Crippen LogP contribution in [0, 0.1) is 17.3 Å². The molecule has 0 aromatic carbocycles. The summed E-state index contributed by atoms with van der Waals surface area (Å²) in [4.78, 5) is 11.7. The fourth-order valence-corrected chi connectivity index (χ4v) is 4.95. The Balaban J connectivity index is 1.92. The minimum absolute atomic E-state index is 0.181. The third-order valence-corrected chi connectivity index (χ3v) is 5.25. The molecule has 4 rings (SSSR count). The Labute approximate surface area is 108 Å². The third-order valence-electron chi connectivity index (χ3n) is 5.25. The van der Waals surface area contributed by atoms with Crippen LogP contribution in [0.15, 0.2) is 11.8 Å². The summed E-state index contributed by atoms with van der Waals surface area (Å²) in [5.41, 5.74) is -0.669. The molecule has 3 heteroatoms. The molecule has 3 nitrogen and oxygen atoms in total. The van der Waals surface area contributed by atoms with Gasteiger partial charge in [-0.15, -0.1) is 0 Å². The largest absolute Gasteiger partial charge is 0.492 e. The van der Waals surface area contributed by atoms with Crippen LogP contribution in [-0.2, 0) is 9.53 Å². The van der Waals surface area contributed by atoms with Gasteiger partial charge in [0.05, 0.1) is 11.2 Å². The number of hydrogen-bond acceptors (Lipinski definition) is 2. The molecule has 2 atom stereocenters. The molecular formula is C15H22O3. The maximum absolute atomic E-state index is 11.7. The predicted molar refractivity (Wildman–Crippen MR) is 68.0 cm³/mol. The second kappa shape index (κ2) is 3.75. The number of hydrogen-bond donors (Lipinski definition) is 1. The lowest BCUT2D eigenvalue weighted by molar-refractivity contribution is -0.196. The summed E-state index contributed by atoms with van der Waals surface area (Å²) in [6, 6.07) is 0. The normalized spacial score (nSPS) is 46.2. The highest BCUT2D eigenvalue weighted by Crippen LogP contribution is 2.63. The van der Waals surface area contributed by atoms with Crippen molar-refractivity contribution in [3.05, 3.63) is 11.8 Å². The SMILES string of the molecule is CC=C(C)OC12CC3CC(C1)CC(C(=O)O)(C3)C2. The molecule has 100 valence electrons. The third kappa shape index (κ3) is 1.67. The monoisotopic (exact) mass is 250 g/mol. The molecule has 2 unspecified atom stereocenters. The molecule has 4 aliphatic rings. The Bertz CT molecular complexity index is 396. The maximum Gasteiger partial charge on any atom is 0.309 e. The van der Waals surface area contributed by atoms with E-state index in [2.05, 4.69) is 0 Å². The van der Waals surface area contributed by atoms with Gasteiger partial charge in [0.1, 0.15) is 5.60 Å². The molecule has 4 aliphatic carbocycles. The summed E-state index contributed by atoms with van der Waals surface area (Å²) in [7, 11) is 0. The van der Waals surface area contributed by atoms with Crippen LogP contribution in [0.25, 0.3) is 0 Å². The standard InChI is InChI=1S/C15H22O3/c1-3-10(2)18-15-7-11-4-12(8-15)6-14(5-11,9-15)13(16)17/h3,11-12H,4-9H2,1-2H3,(H,16,17). The van der Waals surface area contributed by atoms with Crippen LogP contribution in [0.5, 0.6) is 0 Å². The predicted octanol–water partition coefficient (Wildman–Crippen LogP) is 3.35. The molecule has 0 radical (unpaired) electrons. The number of carboxylic acid groups (broad SMARTS) is 1. The Morgan fingerprint density at radius 3 is 2.39 bits per heavy atom. The minimum atomic E-state index is -0.595. The molecule has 4 bridgehead atoms. The lowest BCUT2D eigenvalue weighted by Gasteiger charge is -2.59. The molecule has 0 heterocycles. The van der Waals surface area contributed by atoms with Crippen LogP contribution in [0.2, 0.25) is 0 Å². The highest BCUT2D eigenvalue weighted by atomic mass is 16.5. The van der Waals surface area contributed by atoms with E-state index < -0.39 is 11.4 Å². The van der Waals surface area contributed by atoms with E-state index in [1.807, 2.05) is 19.9 Å². The first-order valence-electron chi connectivity index (χ1n) is 7.02. The van der Waals surface area contributed by atoms with Crippen LogP contribution in [0.1, 0.15) is 52.4 Å². The van der Waals surface area contributed by atoms with Crippen molar-refractivity contribution in [3.63, 3.8) is 0 Å². The molecule has 0 aromatic rings. The average molecular weight is 250 g/mol. The second-order valence-electron chi connectivity index (χ2n) is 6.73. The molecule has 18 heavy (non-hydrogen) atoms. The zero-order chi connectivity index (χ0) is 13.0. The number of carboxylic acids is 1. The number of carbonyl (C=O) groups is 1. The summed E-state index contributed by atoms with van der Waals surface area (Å²) in [6.07, 6.45) is 7.78. The number of allylic oxidation sites excluding steroid dienone is 2. The second-order valence-corrected chi connectivity index (χ2v) is 6.73. The van der Waals surface area contributed by atoms with Crippen LogP contribution in [-0.4, -0.2) is 16.7 Å². The summed E-state index contributed by atoms with van der Waals surface area (Å²) in [6.45, 7) is 3.95. The van der Waals surface area contributed by atoms with E-state index in [1.165, 1.54) is 6.42 Å². The molecule has 4 fully saturated rings. The molecule has 0 aromatic heterocycles.